The van der Waals surface area contributed by atoms with Gasteiger partial charge in [-0.1, -0.05) is 12.1 Å². The lowest BCUT2D eigenvalue weighted by Gasteiger charge is -2.29. The predicted octanol–water partition coefficient (Wildman–Crippen LogP) is 1.75. The van der Waals surface area contributed by atoms with Gasteiger partial charge in [0.25, 0.3) is 5.56 Å². The summed E-state index contributed by atoms with van der Waals surface area (Å²) in [5.41, 5.74) is 2.99. The van der Waals surface area contributed by atoms with Crippen molar-refractivity contribution >= 4 is 11.9 Å². The van der Waals surface area contributed by atoms with Crippen molar-refractivity contribution < 1.29 is 9.90 Å². The maximum atomic E-state index is 12.4. The van der Waals surface area contributed by atoms with Crippen molar-refractivity contribution in [2.75, 3.05) is 18.0 Å². The van der Waals surface area contributed by atoms with Crippen molar-refractivity contribution in [3.05, 3.63) is 39.7 Å². The average molecular weight is 328 g/mol. The maximum Gasteiger partial charge on any atom is 0.306 e. The summed E-state index contributed by atoms with van der Waals surface area (Å²) in [6, 6.07) is 5.74. The number of carboxylic acid groups (broad SMARTS) is 1. The van der Waals surface area contributed by atoms with Gasteiger partial charge in [-0.2, -0.15) is 0 Å². The summed E-state index contributed by atoms with van der Waals surface area (Å²) < 4.78 is 0. The molecule has 1 aliphatic rings. The molecule has 1 fully saturated rings. The van der Waals surface area contributed by atoms with E-state index in [-0.39, 0.29) is 11.5 Å². The molecule has 1 aliphatic heterocycles. The zero-order valence-corrected chi connectivity index (χ0v) is 13.7. The molecule has 7 heteroatoms. The first-order valence-corrected chi connectivity index (χ1v) is 7.98. The largest absolute Gasteiger partial charge is 0.481 e. The third-order valence-electron chi connectivity index (χ3n) is 4.61. The number of benzene rings is 1. The lowest BCUT2D eigenvalue weighted by atomic mass is 9.97. The van der Waals surface area contributed by atoms with Gasteiger partial charge in [-0.3, -0.25) is 14.6 Å². The molecule has 24 heavy (non-hydrogen) atoms. The van der Waals surface area contributed by atoms with Gasteiger partial charge in [0.1, 0.15) is 0 Å². The predicted molar refractivity (Wildman–Crippen MR) is 90.1 cm³/mol. The van der Waals surface area contributed by atoms with Crippen LogP contribution in [0.15, 0.2) is 23.0 Å². The fourth-order valence-corrected chi connectivity index (χ4v) is 2.89. The van der Waals surface area contributed by atoms with Crippen molar-refractivity contribution in [1.29, 1.82) is 0 Å². The maximum absolute atomic E-state index is 12.4. The van der Waals surface area contributed by atoms with Crippen LogP contribution in [0.5, 0.6) is 0 Å². The molecule has 0 amide bonds. The first kappa shape index (κ1) is 16.2. The highest BCUT2D eigenvalue weighted by atomic mass is 16.4. The Morgan fingerprint density at radius 3 is 2.50 bits per heavy atom. The van der Waals surface area contributed by atoms with Crippen LogP contribution >= 0.6 is 0 Å². The smallest absolute Gasteiger partial charge is 0.306 e. The molecule has 3 rings (SSSR count). The van der Waals surface area contributed by atoms with Gasteiger partial charge in [-0.15, -0.1) is 10.2 Å². The highest BCUT2D eigenvalue weighted by molar-refractivity contribution is 5.70. The number of aryl methyl sites for hydroxylation is 2. The van der Waals surface area contributed by atoms with Crippen molar-refractivity contribution in [1.82, 2.24) is 15.2 Å². The van der Waals surface area contributed by atoms with E-state index in [2.05, 4.69) is 15.2 Å². The minimum atomic E-state index is -0.765. The number of aromatic nitrogens is 3. The lowest BCUT2D eigenvalue weighted by Crippen LogP contribution is -2.38. The van der Waals surface area contributed by atoms with E-state index in [0.29, 0.717) is 37.6 Å². The van der Waals surface area contributed by atoms with Gasteiger partial charge in [0, 0.05) is 18.7 Å². The molecule has 1 aromatic carbocycles. The van der Waals surface area contributed by atoms with E-state index in [1.54, 1.807) is 0 Å². The van der Waals surface area contributed by atoms with E-state index in [1.165, 1.54) is 0 Å². The minimum absolute atomic E-state index is 0.288. The van der Waals surface area contributed by atoms with E-state index in [1.807, 2.05) is 36.9 Å². The van der Waals surface area contributed by atoms with Crippen LogP contribution in [0.2, 0.25) is 0 Å². The van der Waals surface area contributed by atoms with Crippen molar-refractivity contribution in [2.24, 2.45) is 5.92 Å². The Morgan fingerprint density at radius 1 is 1.21 bits per heavy atom. The number of nitrogens with zero attached hydrogens (tertiary/aromatic N) is 3. The fourth-order valence-electron chi connectivity index (χ4n) is 2.89. The van der Waals surface area contributed by atoms with E-state index < -0.39 is 5.97 Å². The summed E-state index contributed by atoms with van der Waals surface area (Å²) in [5, 5.41) is 17.3. The molecule has 126 valence electrons. The van der Waals surface area contributed by atoms with Gasteiger partial charge in [-0.05, 0) is 43.9 Å². The molecule has 2 N–H and O–H groups in total. The first-order valence-electron chi connectivity index (χ1n) is 7.98. The Morgan fingerprint density at radius 2 is 1.92 bits per heavy atom. The normalized spacial score (nSPS) is 15.5. The van der Waals surface area contributed by atoms with Crippen LogP contribution in [-0.2, 0) is 4.79 Å². The topological polar surface area (TPSA) is 99.2 Å². The Bertz CT molecular complexity index is 823. The highest BCUT2D eigenvalue weighted by Gasteiger charge is 2.26. The summed E-state index contributed by atoms with van der Waals surface area (Å²) in [6.45, 7) is 5.09. The number of carbonyl (C=O) groups is 1. The van der Waals surface area contributed by atoms with Crippen LogP contribution in [0.3, 0.4) is 0 Å². The zero-order valence-electron chi connectivity index (χ0n) is 13.7. The summed E-state index contributed by atoms with van der Waals surface area (Å²) in [5.74, 6) is -0.688. The number of rotatable bonds is 3. The summed E-state index contributed by atoms with van der Waals surface area (Å²) in [4.78, 5) is 28.0. The Kier molecular flexibility index (Phi) is 4.33. The Hall–Kier alpha value is -2.70. The monoisotopic (exact) mass is 328 g/mol. The fraction of sp³-hybridized carbons (Fsp3) is 0.412. The van der Waals surface area contributed by atoms with Crippen LogP contribution in [-0.4, -0.2) is 39.3 Å². The number of aromatic amines is 1. The number of hydrogen-bond donors (Lipinski definition) is 2. The van der Waals surface area contributed by atoms with Crippen molar-refractivity contribution in [3.8, 4) is 11.3 Å². The van der Waals surface area contributed by atoms with Gasteiger partial charge >= 0.3 is 5.97 Å². The quantitative estimate of drug-likeness (QED) is 0.890. The highest BCUT2D eigenvalue weighted by Crippen LogP contribution is 2.21. The SMILES string of the molecule is Cc1ccc(-c2nnc(N3CCC(C(=O)O)CC3)[nH]c2=O)cc1C. The zero-order chi connectivity index (χ0) is 17.3. The molecule has 0 unspecified atom stereocenters. The molecule has 0 atom stereocenters. The molecule has 7 nitrogen and oxygen atoms in total. The van der Waals surface area contributed by atoms with Gasteiger partial charge in [0.2, 0.25) is 5.95 Å². The molecule has 0 bridgehead atoms. The molecular formula is C17H20N4O3. The second-order valence-electron chi connectivity index (χ2n) is 6.22. The van der Waals surface area contributed by atoms with E-state index in [4.69, 9.17) is 5.11 Å². The van der Waals surface area contributed by atoms with Gasteiger partial charge in [0.05, 0.1) is 5.92 Å². The number of anilines is 1. The molecule has 0 saturated carbocycles. The second kappa shape index (κ2) is 6.43. The summed E-state index contributed by atoms with van der Waals surface area (Å²) in [6.07, 6.45) is 1.08. The summed E-state index contributed by atoms with van der Waals surface area (Å²) >= 11 is 0. The average Bonchev–Trinajstić information content (AvgIpc) is 2.57. The number of hydrogen-bond acceptors (Lipinski definition) is 5. The van der Waals surface area contributed by atoms with Gasteiger partial charge in [0.15, 0.2) is 5.69 Å². The second-order valence-corrected chi connectivity index (χ2v) is 6.22. The van der Waals surface area contributed by atoms with Crippen LogP contribution < -0.4 is 10.5 Å². The third kappa shape index (κ3) is 3.15. The number of carboxylic acids is 1. The summed E-state index contributed by atoms with van der Waals surface area (Å²) in [7, 11) is 0. The van der Waals surface area contributed by atoms with E-state index in [9.17, 15) is 9.59 Å². The number of aliphatic carboxylic acids is 1. The van der Waals surface area contributed by atoms with E-state index in [0.717, 1.165) is 16.7 Å². The molecule has 2 aromatic rings. The molecule has 0 spiro atoms. The Balaban J connectivity index is 1.82. The van der Waals surface area contributed by atoms with Crippen LogP contribution in [0, 0.1) is 19.8 Å². The van der Waals surface area contributed by atoms with Gasteiger partial charge < -0.3 is 10.0 Å². The Labute approximate surface area is 139 Å². The van der Waals surface area contributed by atoms with Crippen molar-refractivity contribution in [2.45, 2.75) is 26.7 Å². The molecular weight excluding hydrogens is 308 g/mol. The standard InChI is InChI=1S/C17H20N4O3/c1-10-3-4-13(9-11(10)2)14-15(22)18-17(20-19-14)21-7-5-12(6-8-21)16(23)24/h3-4,9,12H,5-8H2,1-2H3,(H,23,24)(H,18,20,22). The number of nitrogens with one attached hydrogen (secondary N) is 1. The molecule has 1 saturated heterocycles. The third-order valence-corrected chi connectivity index (χ3v) is 4.61. The number of H-pyrrole nitrogens is 1. The van der Waals surface area contributed by atoms with Crippen LogP contribution in [0.25, 0.3) is 11.3 Å². The minimum Gasteiger partial charge on any atom is -0.481 e. The molecule has 0 radical (unpaired) electrons. The molecule has 0 aliphatic carbocycles. The van der Waals surface area contributed by atoms with Crippen LogP contribution in [0.4, 0.5) is 5.95 Å². The first-order chi connectivity index (χ1) is 11.5. The lowest BCUT2D eigenvalue weighted by molar-refractivity contribution is -0.142. The van der Waals surface area contributed by atoms with Crippen molar-refractivity contribution in [3.63, 3.8) is 0 Å². The van der Waals surface area contributed by atoms with Gasteiger partial charge in [-0.25, -0.2) is 0 Å². The van der Waals surface area contributed by atoms with E-state index >= 15 is 0 Å². The van der Waals surface area contributed by atoms with Crippen LogP contribution in [0.1, 0.15) is 24.0 Å². The molecule has 2 heterocycles. The molecule has 1 aromatic heterocycles. The number of piperidine rings is 1.